The Hall–Kier alpha value is -2.77. The van der Waals surface area contributed by atoms with Gasteiger partial charge in [0.1, 0.15) is 23.8 Å². The van der Waals surface area contributed by atoms with Gasteiger partial charge in [0, 0.05) is 12.1 Å². The number of esters is 1. The number of amides is 1. The largest absolute Gasteiger partial charge is 0.480 e. The zero-order valence-corrected chi connectivity index (χ0v) is 17.3. The Morgan fingerprint density at radius 1 is 0.964 bits per heavy atom. The highest BCUT2D eigenvalue weighted by Crippen LogP contribution is 2.15. The van der Waals surface area contributed by atoms with Crippen LogP contribution in [0.5, 0.6) is 0 Å². The van der Waals surface area contributed by atoms with Crippen molar-refractivity contribution in [3.63, 3.8) is 0 Å². The molecule has 0 bridgehead atoms. The molecule has 1 aromatic rings. The zero-order chi connectivity index (χ0) is 21.5. The standard InChI is InChI=1S/C20H30N2O6/c1-19(2,3)27-17(25)15(22-18(26)28-20(4,5)6)11-13-7-9-14(10-8-13)21-12-16(23)24/h7-10,15,21H,11-12H2,1-6H3,(H,22,26)(H,23,24)/t15-/m1/s1. The maximum atomic E-state index is 12.5. The fourth-order valence-corrected chi connectivity index (χ4v) is 2.19. The van der Waals surface area contributed by atoms with Crippen molar-refractivity contribution in [3.8, 4) is 0 Å². The van der Waals surface area contributed by atoms with Crippen LogP contribution in [0.2, 0.25) is 0 Å². The molecule has 3 N–H and O–H groups in total. The van der Waals surface area contributed by atoms with E-state index in [0.717, 1.165) is 5.56 Å². The van der Waals surface area contributed by atoms with Gasteiger partial charge in [-0.25, -0.2) is 9.59 Å². The Morgan fingerprint density at radius 2 is 1.50 bits per heavy atom. The van der Waals surface area contributed by atoms with Crippen LogP contribution < -0.4 is 10.6 Å². The van der Waals surface area contributed by atoms with E-state index in [-0.39, 0.29) is 13.0 Å². The summed E-state index contributed by atoms with van der Waals surface area (Å²) in [5.41, 5.74) is 0.0168. The van der Waals surface area contributed by atoms with E-state index in [2.05, 4.69) is 10.6 Å². The zero-order valence-electron chi connectivity index (χ0n) is 17.3. The van der Waals surface area contributed by atoms with E-state index in [1.807, 2.05) is 0 Å². The van der Waals surface area contributed by atoms with Crippen molar-refractivity contribution in [1.29, 1.82) is 0 Å². The lowest BCUT2D eigenvalue weighted by molar-refractivity contribution is -0.157. The molecule has 0 aliphatic rings. The first kappa shape index (κ1) is 23.3. The number of aliphatic carboxylic acids is 1. The third-order valence-corrected chi connectivity index (χ3v) is 3.22. The summed E-state index contributed by atoms with van der Waals surface area (Å²) in [5, 5.41) is 14.0. The molecule has 1 aromatic carbocycles. The van der Waals surface area contributed by atoms with Gasteiger partial charge in [0.2, 0.25) is 0 Å². The molecule has 0 aliphatic heterocycles. The molecular formula is C20H30N2O6. The van der Waals surface area contributed by atoms with Crippen LogP contribution in [0.25, 0.3) is 0 Å². The molecule has 0 saturated heterocycles. The number of carboxylic acids is 1. The van der Waals surface area contributed by atoms with Gasteiger partial charge in [-0.05, 0) is 59.2 Å². The molecule has 0 spiro atoms. The number of carbonyl (C=O) groups is 3. The van der Waals surface area contributed by atoms with Gasteiger partial charge in [-0.2, -0.15) is 0 Å². The molecular weight excluding hydrogens is 364 g/mol. The number of alkyl carbamates (subject to hydrolysis) is 1. The third kappa shape index (κ3) is 9.80. The normalized spacial score (nSPS) is 12.6. The highest BCUT2D eigenvalue weighted by molar-refractivity contribution is 5.82. The number of nitrogens with one attached hydrogen (secondary N) is 2. The summed E-state index contributed by atoms with van der Waals surface area (Å²) in [4.78, 5) is 35.3. The lowest BCUT2D eigenvalue weighted by Crippen LogP contribution is -2.47. The van der Waals surface area contributed by atoms with Crippen LogP contribution in [0.1, 0.15) is 47.1 Å². The van der Waals surface area contributed by atoms with Crippen LogP contribution in [0.15, 0.2) is 24.3 Å². The number of ether oxygens (including phenoxy) is 2. The number of carboxylic acid groups (broad SMARTS) is 1. The predicted molar refractivity (Wildman–Crippen MR) is 105 cm³/mol. The molecule has 0 fully saturated rings. The molecule has 0 aliphatic carbocycles. The first-order chi connectivity index (χ1) is 12.7. The molecule has 0 saturated carbocycles. The highest BCUT2D eigenvalue weighted by atomic mass is 16.6. The molecule has 0 unspecified atom stereocenters. The molecule has 1 amide bonds. The molecule has 0 aromatic heterocycles. The van der Waals surface area contributed by atoms with E-state index in [1.54, 1.807) is 65.8 Å². The summed E-state index contributed by atoms with van der Waals surface area (Å²) < 4.78 is 10.6. The molecule has 8 nitrogen and oxygen atoms in total. The minimum atomic E-state index is -0.962. The van der Waals surface area contributed by atoms with Crippen LogP contribution in [-0.4, -0.2) is 46.9 Å². The van der Waals surface area contributed by atoms with Gasteiger partial charge >= 0.3 is 18.0 Å². The monoisotopic (exact) mass is 394 g/mol. The molecule has 1 rings (SSSR count). The van der Waals surface area contributed by atoms with Gasteiger partial charge in [0.05, 0.1) is 0 Å². The second-order valence-corrected chi connectivity index (χ2v) is 8.38. The average molecular weight is 394 g/mol. The van der Waals surface area contributed by atoms with Crippen LogP contribution >= 0.6 is 0 Å². The van der Waals surface area contributed by atoms with Gasteiger partial charge in [0.15, 0.2) is 0 Å². The van der Waals surface area contributed by atoms with Crippen LogP contribution in [0.4, 0.5) is 10.5 Å². The van der Waals surface area contributed by atoms with Gasteiger partial charge in [0.25, 0.3) is 0 Å². The van der Waals surface area contributed by atoms with Gasteiger partial charge in [-0.1, -0.05) is 12.1 Å². The fraction of sp³-hybridized carbons (Fsp3) is 0.550. The van der Waals surface area contributed by atoms with Gasteiger partial charge in [-0.15, -0.1) is 0 Å². The van der Waals surface area contributed by atoms with E-state index in [0.29, 0.717) is 5.69 Å². The first-order valence-electron chi connectivity index (χ1n) is 9.02. The Bertz CT molecular complexity index is 686. The molecule has 156 valence electrons. The van der Waals surface area contributed by atoms with E-state index in [1.165, 1.54) is 0 Å². The van der Waals surface area contributed by atoms with E-state index >= 15 is 0 Å². The summed E-state index contributed by atoms with van der Waals surface area (Å²) in [6, 6.07) is 5.99. The number of anilines is 1. The smallest absolute Gasteiger partial charge is 0.408 e. The summed E-state index contributed by atoms with van der Waals surface area (Å²) in [6.07, 6.45) is -0.504. The molecule has 8 heteroatoms. The summed E-state index contributed by atoms with van der Waals surface area (Å²) in [7, 11) is 0. The number of rotatable bonds is 7. The lowest BCUT2D eigenvalue weighted by atomic mass is 10.0. The topological polar surface area (TPSA) is 114 Å². The minimum Gasteiger partial charge on any atom is -0.480 e. The average Bonchev–Trinajstić information content (AvgIpc) is 2.50. The van der Waals surface area contributed by atoms with E-state index < -0.39 is 35.3 Å². The molecule has 0 heterocycles. The van der Waals surface area contributed by atoms with Crippen molar-refractivity contribution >= 4 is 23.7 Å². The number of benzene rings is 1. The van der Waals surface area contributed by atoms with Crippen molar-refractivity contribution in [3.05, 3.63) is 29.8 Å². The van der Waals surface area contributed by atoms with Crippen LogP contribution in [0.3, 0.4) is 0 Å². The van der Waals surface area contributed by atoms with Crippen LogP contribution in [0, 0.1) is 0 Å². The minimum absolute atomic E-state index is 0.194. The van der Waals surface area contributed by atoms with E-state index in [4.69, 9.17) is 14.6 Å². The van der Waals surface area contributed by atoms with Gasteiger partial charge < -0.3 is 25.2 Å². The summed E-state index contributed by atoms with van der Waals surface area (Å²) in [6.45, 7) is 10.3. The predicted octanol–water partition coefficient (Wildman–Crippen LogP) is 2.96. The number of carbonyl (C=O) groups excluding carboxylic acids is 2. The molecule has 28 heavy (non-hydrogen) atoms. The Balaban J connectivity index is 2.87. The van der Waals surface area contributed by atoms with Crippen molar-refractivity contribution in [2.24, 2.45) is 0 Å². The van der Waals surface area contributed by atoms with Crippen molar-refractivity contribution in [2.45, 2.75) is 65.2 Å². The van der Waals surface area contributed by atoms with Gasteiger partial charge in [-0.3, -0.25) is 4.79 Å². The SMILES string of the molecule is CC(C)(C)OC(=O)N[C@H](Cc1ccc(NCC(=O)O)cc1)C(=O)OC(C)(C)C. The number of hydrogen-bond acceptors (Lipinski definition) is 6. The lowest BCUT2D eigenvalue weighted by Gasteiger charge is -2.26. The third-order valence-electron chi connectivity index (χ3n) is 3.22. The van der Waals surface area contributed by atoms with E-state index in [9.17, 15) is 14.4 Å². The fourth-order valence-electron chi connectivity index (χ4n) is 2.19. The molecule has 1 atom stereocenters. The van der Waals surface area contributed by atoms with Crippen LogP contribution in [-0.2, 0) is 25.5 Å². The maximum Gasteiger partial charge on any atom is 0.408 e. The molecule has 0 radical (unpaired) electrons. The maximum absolute atomic E-state index is 12.5. The quantitative estimate of drug-likeness (QED) is 0.609. The van der Waals surface area contributed by atoms with Crippen molar-refractivity contribution < 1.29 is 29.0 Å². The number of hydrogen-bond donors (Lipinski definition) is 3. The first-order valence-corrected chi connectivity index (χ1v) is 9.02. The Labute approximate surface area is 165 Å². The second-order valence-electron chi connectivity index (χ2n) is 8.38. The highest BCUT2D eigenvalue weighted by Gasteiger charge is 2.28. The van der Waals surface area contributed by atoms with Crippen molar-refractivity contribution in [1.82, 2.24) is 5.32 Å². The Kier molecular flexibility index (Phi) is 7.84. The second kappa shape index (κ2) is 9.43. The summed E-state index contributed by atoms with van der Waals surface area (Å²) in [5.74, 6) is -1.53. The van der Waals surface area contributed by atoms with Crippen molar-refractivity contribution in [2.75, 3.05) is 11.9 Å². The summed E-state index contributed by atoms with van der Waals surface area (Å²) >= 11 is 0. The Morgan fingerprint density at radius 3 is 1.96 bits per heavy atom.